The lowest BCUT2D eigenvalue weighted by atomic mass is 9.96. The lowest BCUT2D eigenvalue weighted by Crippen LogP contribution is -2.49. The van der Waals surface area contributed by atoms with Gasteiger partial charge in [-0.2, -0.15) is 5.26 Å². The summed E-state index contributed by atoms with van der Waals surface area (Å²) in [6, 6.07) is 1.93. The molecule has 1 heterocycles. The minimum absolute atomic E-state index is 0.243. The van der Waals surface area contributed by atoms with Crippen LogP contribution >= 0.6 is 0 Å². The number of carboxylic acid groups (broad SMARTS) is 1. The van der Waals surface area contributed by atoms with E-state index in [1.165, 1.54) is 6.92 Å². The molecule has 1 aliphatic rings. The third-order valence-corrected chi connectivity index (χ3v) is 2.94. The van der Waals surface area contributed by atoms with E-state index in [1.807, 2.05) is 6.07 Å². The van der Waals surface area contributed by atoms with Gasteiger partial charge in [-0.05, 0) is 20.8 Å². The van der Waals surface area contributed by atoms with Crippen molar-refractivity contribution in [2.24, 2.45) is 5.92 Å². The predicted molar refractivity (Wildman–Crippen MR) is 63.9 cm³/mol. The van der Waals surface area contributed by atoms with Crippen molar-refractivity contribution in [2.75, 3.05) is 13.2 Å². The minimum atomic E-state index is -1.46. The Morgan fingerprint density at radius 3 is 2.42 bits per heavy atom. The summed E-state index contributed by atoms with van der Waals surface area (Å²) >= 11 is 0. The third-order valence-electron chi connectivity index (χ3n) is 2.94. The lowest BCUT2D eigenvalue weighted by molar-refractivity contribution is -0.206. The van der Waals surface area contributed by atoms with Crippen LogP contribution in [0.5, 0.6) is 0 Å². The molecule has 1 saturated heterocycles. The zero-order valence-electron chi connectivity index (χ0n) is 11.2. The van der Waals surface area contributed by atoms with Gasteiger partial charge in [0.05, 0.1) is 25.7 Å². The molecule has 0 aromatic rings. The molecule has 1 rings (SSSR count). The second-order valence-corrected chi connectivity index (χ2v) is 5.03. The number of nitrogens with one attached hydrogen (secondary N) is 1. The molecule has 19 heavy (non-hydrogen) atoms. The normalized spacial score (nSPS) is 19.5. The Hall–Kier alpha value is -1.65. The van der Waals surface area contributed by atoms with E-state index in [0.29, 0.717) is 0 Å². The van der Waals surface area contributed by atoms with Crippen LogP contribution in [0.3, 0.4) is 0 Å². The molecule has 2 N–H and O–H groups in total. The van der Waals surface area contributed by atoms with Gasteiger partial charge in [0.15, 0.2) is 5.79 Å². The van der Waals surface area contributed by atoms with Crippen LogP contribution in [0.2, 0.25) is 0 Å². The molecule has 1 amide bonds. The number of hydrogen-bond acceptors (Lipinski definition) is 5. The van der Waals surface area contributed by atoms with Crippen molar-refractivity contribution in [2.45, 2.75) is 38.5 Å². The molecule has 0 spiro atoms. The fourth-order valence-corrected chi connectivity index (χ4v) is 1.81. The van der Waals surface area contributed by atoms with E-state index in [1.54, 1.807) is 13.8 Å². The van der Waals surface area contributed by atoms with Crippen LogP contribution in [0.15, 0.2) is 0 Å². The molecule has 1 atom stereocenters. The molecule has 7 heteroatoms. The van der Waals surface area contributed by atoms with E-state index in [9.17, 15) is 9.59 Å². The number of ether oxygens (including phenoxy) is 2. The number of nitrogens with zero attached hydrogens (tertiary/aromatic N) is 1. The fraction of sp³-hybridized carbons (Fsp3) is 0.750. The predicted octanol–water partition coefficient (Wildman–Crippen LogP) is 0.259. The average molecular weight is 270 g/mol. The summed E-state index contributed by atoms with van der Waals surface area (Å²) in [5.41, 5.74) is -1.02. The third kappa shape index (κ3) is 3.66. The quantitative estimate of drug-likeness (QED) is 0.741. The van der Waals surface area contributed by atoms with Gasteiger partial charge in [-0.25, -0.2) is 0 Å². The summed E-state index contributed by atoms with van der Waals surface area (Å²) in [6.07, 6.45) is -0.258. The highest BCUT2D eigenvalue weighted by molar-refractivity contribution is 5.80. The number of carbonyl (C=O) groups is 2. The molecule has 0 aromatic carbocycles. The maximum atomic E-state index is 11.9. The van der Waals surface area contributed by atoms with Gasteiger partial charge in [0.1, 0.15) is 11.5 Å². The highest BCUT2D eigenvalue weighted by atomic mass is 16.7. The molecular formula is C12H18N2O5. The van der Waals surface area contributed by atoms with E-state index in [4.69, 9.17) is 19.8 Å². The number of carbonyl (C=O) groups excluding carboxylic acids is 1. The summed E-state index contributed by atoms with van der Waals surface area (Å²) in [7, 11) is 0. The van der Waals surface area contributed by atoms with Crippen LogP contribution in [0, 0.1) is 17.2 Å². The number of hydrogen-bond donors (Lipinski definition) is 2. The first-order chi connectivity index (χ1) is 8.72. The summed E-state index contributed by atoms with van der Waals surface area (Å²) < 4.78 is 10.7. The minimum Gasteiger partial charge on any atom is -0.481 e. The van der Waals surface area contributed by atoms with E-state index in [-0.39, 0.29) is 19.6 Å². The maximum Gasteiger partial charge on any atom is 0.311 e. The monoisotopic (exact) mass is 270 g/mol. The largest absolute Gasteiger partial charge is 0.481 e. The maximum absolute atomic E-state index is 11.9. The van der Waals surface area contributed by atoms with Crippen LogP contribution < -0.4 is 5.32 Å². The Morgan fingerprint density at radius 2 is 2.00 bits per heavy atom. The molecule has 0 radical (unpaired) electrons. The lowest BCUT2D eigenvalue weighted by Gasteiger charge is -2.31. The van der Waals surface area contributed by atoms with Crippen molar-refractivity contribution in [1.29, 1.82) is 5.26 Å². The number of amides is 1. The SMILES string of the molecule is CC(C(=O)O)C1(CC(=O)NC(C)(C)C#N)OCCO1. The van der Waals surface area contributed by atoms with Crippen molar-refractivity contribution >= 4 is 11.9 Å². The van der Waals surface area contributed by atoms with Crippen molar-refractivity contribution in [3.63, 3.8) is 0 Å². The van der Waals surface area contributed by atoms with Crippen LogP contribution in [-0.4, -0.2) is 41.5 Å². The number of aliphatic carboxylic acids is 1. The van der Waals surface area contributed by atoms with Crippen LogP contribution in [0.25, 0.3) is 0 Å². The Labute approximate surface area is 111 Å². The zero-order chi connectivity index (χ0) is 14.7. The number of nitriles is 1. The zero-order valence-corrected chi connectivity index (χ0v) is 11.2. The molecule has 1 unspecified atom stereocenters. The van der Waals surface area contributed by atoms with Crippen LogP contribution in [0.1, 0.15) is 27.2 Å². The molecule has 0 saturated carbocycles. The van der Waals surface area contributed by atoms with Gasteiger partial charge in [-0.15, -0.1) is 0 Å². The molecule has 0 aliphatic carbocycles. The van der Waals surface area contributed by atoms with Crippen molar-refractivity contribution in [3.05, 3.63) is 0 Å². The molecule has 0 bridgehead atoms. The highest BCUT2D eigenvalue weighted by Crippen LogP contribution is 2.32. The summed E-state index contributed by atoms with van der Waals surface area (Å²) in [6.45, 7) is 5.01. The smallest absolute Gasteiger partial charge is 0.311 e. The molecule has 1 aliphatic heterocycles. The summed E-state index contributed by atoms with van der Waals surface area (Å²) in [5, 5.41) is 20.4. The fourth-order valence-electron chi connectivity index (χ4n) is 1.81. The van der Waals surface area contributed by atoms with Gasteiger partial charge < -0.3 is 19.9 Å². The summed E-state index contributed by atoms with van der Waals surface area (Å²) in [4.78, 5) is 23.0. The van der Waals surface area contributed by atoms with Gasteiger partial charge in [0.2, 0.25) is 5.91 Å². The van der Waals surface area contributed by atoms with E-state index in [2.05, 4.69) is 5.32 Å². The Kier molecular flexibility index (Phi) is 4.50. The standard InChI is InChI=1S/C12H18N2O5/c1-8(10(16)17)12(18-4-5-19-12)6-9(15)14-11(2,3)7-13/h8H,4-6H2,1-3H3,(H,14,15)(H,16,17). The Bertz CT molecular complexity index is 407. The van der Waals surface area contributed by atoms with Crippen molar-refractivity contribution < 1.29 is 24.2 Å². The van der Waals surface area contributed by atoms with Crippen LogP contribution in [0.4, 0.5) is 0 Å². The topological polar surface area (TPSA) is 109 Å². The van der Waals surface area contributed by atoms with E-state index < -0.39 is 29.1 Å². The molecule has 0 aromatic heterocycles. The second kappa shape index (κ2) is 5.55. The van der Waals surface area contributed by atoms with Gasteiger partial charge >= 0.3 is 5.97 Å². The van der Waals surface area contributed by atoms with E-state index in [0.717, 1.165) is 0 Å². The number of rotatable bonds is 5. The second-order valence-electron chi connectivity index (χ2n) is 5.03. The van der Waals surface area contributed by atoms with Crippen molar-refractivity contribution in [3.8, 4) is 6.07 Å². The van der Waals surface area contributed by atoms with Crippen LogP contribution in [-0.2, 0) is 19.1 Å². The van der Waals surface area contributed by atoms with Gasteiger partial charge in [0.25, 0.3) is 0 Å². The van der Waals surface area contributed by atoms with Gasteiger partial charge in [0, 0.05) is 0 Å². The first-order valence-corrected chi connectivity index (χ1v) is 5.95. The molecule has 1 fully saturated rings. The van der Waals surface area contributed by atoms with Gasteiger partial charge in [-0.3, -0.25) is 9.59 Å². The molecule has 7 nitrogen and oxygen atoms in total. The van der Waals surface area contributed by atoms with Gasteiger partial charge in [-0.1, -0.05) is 0 Å². The Balaban J connectivity index is 2.78. The molecular weight excluding hydrogens is 252 g/mol. The first-order valence-electron chi connectivity index (χ1n) is 5.95. The Morgan fingerprint density at radius 1 is 1.47 bits per heavy atom. The first kappa shape index (κ1) is 15.4. The average Bonchev–Trinajstić information content (AvgIpc) is 2.76. The summed E-state index contributed by atoms with van der Waals surface area (Å²) in [5.74, 6) is -4.02. The number of carboxylic acids is 1. The van der Waals surface area contributed by atoms with E-state index >= 15 is 0 Å². The molecule has 106 valence electrons. The highest BCUT2D eigenvalue weighted by Gasteiger charge is 2.47. The van der Waals surface area contributed by atoms with Crippen molar-refractivity contribution in [1.82, 2.24) is 5.32 Å².